The van der Waals surface area contributed by atoms with E-state index in [1.54, 1.807) is 24.3 Å². The summed E-state index contributed by atoms with van der Waals surface area (Å²) in [7, 11) is 2.67. The van der Waals surface area contributed by atoms with Crippen LogP contribution in [0.3, 0.4) is 0 Å². The van der Waals surface area contributed by atoms with Gasteiger partial charge in [0.25, 0.3) is 11.8 Å². The third-order valence-corrected chi connectivity index (χ3v) is 13.9. The van der Waals surface area contributed by atoms with Crippen LogP contribution in [0.1, 0.15) is 89.0 Å². The molecule has 2 aliphatic rings. The third kappa shape index (κ3) is 9.32. The van der Waals surface area contributed by atoms with Crippen LogP contribution < -0.4 is 10.6 Å². The van der Waals surface area contributed by atoms with E-state index < -0.39 is 18.2 Å². The Bertz CT molecular complexity index is 2890. The minimum Gasteiger partial charge on any atom is -0.379 e. The average molecular weight is 963 g/mol. The molecule has 0 aliphatic carbocycles. The zero-order chi connectivity index (χ0) is 47.3. The van der Waals surface area contributed by atoms with Gasteiger partial charge < -0.3 is 29.2 Å². The van der Waals surface area contributed by atoms with Crippen molar-refractivity contribution in [1.29, 1.82) is 5.26 Å². The first-order valence-electron chi connectivity index (χ1n) is 21.2. The van der Waals surface area contributed by atoms with E-state index in [1.807, 2.05) is 97.7 Å². The summed E-state index contributed by atoms with van der Waals surface area (Å²) in [5, 5.41) is 33.1. The smallest absolute Gasteiger partial charge is 0.268 e. The number of hydrogen-bond donors (Lipinski definition) is 3. The summed E-state index contributed by atoms with van der Waals surface area (Å²) in [4.78, 5) is 26.7. The summed E-state index contributed by atoms with van der Waals surface area (Å²) < 4.78 is 30.5. The van der Waals surface area contributed by atoms with Gasteiger partial charge in [0.1, 0.15) is 11.4 Å². The van der Waals surface area contributed by atoms with Crippen LogP contribution in [0.15, 0.2) is 84.9 Å². The average Bonchev–Trinajstić information content (AvgIpc) is 4.19. The molecule has 2 fully saturated rings. The first-order valence-corrected chi connectivity index (χ1v) is 22.0. The molecule has 65 heavy (non-hydrogen) atoms. The number of aromatic amines is 1. The Kier molecular flexibility index (Phi) is 14.1. The molecule has 2 amide bonds. The van der Waals surface area contributed by atoms with Crippen molar-refractivity contribution in [3.8, 4) is 6.07 Å². The highest BCUT2D eigenvalue weighted by atomic mass is 35.5. The van der Waals surface area contributed by atoms with E-state index in [1.165, 1.54) is 0 Å². The largest absolute Gasteiger partial charge is 0.379 e. The van der Waals surface area contributed by atoms with Crippen LogP contribution in [0.2, 0.25) is 20.1 Å². The van der Waals surface area contributed by atoms with Crippen molar-refractivity contribution in [2.24, 2.45) is 14.1 Å². The second-order valence-electron chi connectivity index (χ2n) is 16.0. The lowest BCUT2D eigenvalue weighted by atomic mass is 9.87. The van der Waals surface area contributed by atoms with Crippen LogP contribution >= 0.6 is 46.4 Å². The number of aryl methyl sites for hydroxylation is 2. The highest BCUT2D eigenvalue weighted by molar-refractivity contribution is 6.46. The van der Waals surface area contributed by atoms with E-state index in [9.17, 15) is 14.0 Å². The van der Waals surface area contributed by atoms with E-state index in [2.05, 4.69) is 37.3 Å². The fourth-order valence-electron chi connectivity index (χ4n) is 8.38. The Morgan fingerprint density at radius 3 is 1.62 bits per heavy atom. The molecule has 2 saturated heterocycles. The maximum atomic E-state index is 13.4. The number of nitrogens with zero attached hydrogens (tertiary/aromatic N) is 6. The number of aromatic nitrogens is 6. The van der Waals surface area contributed by atoms with Gasteiger partial charge in [-0.1, -0.05) is 107 Å². The van der Waals surface area contributed by atoms with Crippen LogP contribution in [-0.4, -0.2) is 75.2 Å². The minimum absolute atomic E-state index is 0.00413. The van der Waals surface area contributed by atoms with Gasteiger partial charge in [0.15, 0.2) is 5.82 Å². The molecule has 4 atom stereocenters. The van der Waals surface area contributed by atoms with Crippen molar-refractivity contribution in [3.05, 3.63) is 144 Å². The molecule has 9 rings (SSSR count). The molecule has 4 unspecified atom stereocenters. The number of amides is 2. The molecule has 13 nitrogen and oxygen atoms in total. The first kappa shape index (κ1) is 46.0. The number of carbonyl (C=O) groups excluding carboxylic acids is 2. The second-order valence-corrected chi connectivity index (χ2v) is 17.6. The standard InChI is InChI=1S/C23H22Cl2N6O2.C23H21Cl2N3O2.CH3F/c1-13(21-27-29-30-28-21)14-3-5-15(6-4-14)23(9-10-33-12-23)26-22(32)19-11-16-18(31(19)2)8-7-17(24)20(16)25;1-14(12-26)15-3-5-16(6-4-15)23(9-10-30-13-23)27-22(29)20-11-17-19(28(20)2)8-7-18(24)21(17)25;1-2/h3-8,11,13H,9-10,12H2,1-2H3,(H,26,32)(H,27,28,29,30);3-8,11,14H,9-10,13H2,1-2H3,(H,27,29);1H3/i;;1D. The Labute approximate surface area is 396 Å². The number of carbonyl (C=O) groups is 2. The van der Waals surface area contributed by atoms with Crippen LogP contribution in [0, 0.1) is 11.3 Å². The van der Waals surface area contributed by atoms with E-state index >= 15 is 0 Å². The summed E-state index contributed by atoms with van der Waals surface area (Å²) in [6, 6.07) is 28.9. The number of H-pyrrole nitrogens is 1. The Balaban J connectivity index is 0.000000186. The van der Waals surface area contributed by atoms with E-state index in [0.29, 0.717) is 76.6 Å². The van der Waals surface area contributed by atoms with Gasteiger partial charge in [-0.3, -0.25) is 14.0 Å². The molecule has 3 aromatic heterocycles. The highest BCUT2D eigenvalue weighted by Gasteiger charge is 2.40. The van der Waals surface area contributed by atoms with Crippen LogP contribution in [0.4, 0.5) is 4.39 Å². The lowest BCUT2D eigenvalue weighted by Gasteiger charge is -2.30. The molecule has 7 aromatic rings. The summed E-state index contributed by atoms with van der Waals surface area (Å²) in [5.74, 6) is 0.0355. The predicted molar refractivity (Wildman–Crippen MR) is 251 cm³/mol. The van der Waals surface area contributed by atoms with Crippen molar-refractivity contribution >= 4 is 80.0 Å². The fourth-order valence-corrected chi connectivity index (χ4v) is 9.14. The number of nitriles is 1. The zero-order valence-electron chi connectivity index (χ0n) is 36.9. The number of rotatable bonds is 9. The van der Waals surface area contributed by atoms with Gasteiger partial charge in [0.05, 0.1) is 64.9 Å². The number of halogens is 5. The van der Waals surface area contributed by atoms with Gasteiger partial charge in [0.2, 0.25) is 0 Å². The lowest BCUT2D eigenvalue weighted by molar-refractivity contribution is 0.0860. The molecule has 18 heteroatoms. The molecular formula is C47H46Cl4FN9O4. The maximum absolute atomic E-state index is 13.4. The number of benzene rings is 4. The van der Waals surface area contributed by atoms with E-state index in [0.717, 1.165) is 44.1 Å². The van der Waals surface area contributed by atoms with Crippen LogP contribution in [0.25, 0.3) is 21.8 Å². The summed E-state index contributed by atoms with van der Waals surface area (Å²) >= 11 is 25.0. The number of nitrogens with one attached hydrogen (secondary N) is 3. The molecule has 0 bridgehead atoms. The minimum atomic E-state index is -1.00. The van der Waals surface area contributed by atoms with Crippen molar-refractivity contribution in [1.82, 2.24) is 40.4 Å². The van der Waals surface area contributed by atoms with Crippen molar-refractivity contribution in [2.45, 2.75) is 49.6 Å². The number of ether oxygens (including phenoxy) is 2. The van der Waals surface area contributed by atoms with Gasteiger partial charge in [-0.25, -0.2) is 0 Å². The van der Waals surface area contributed by atoms with E-state index in [4.69, 9.17) is 62.5 Å². The molecule has 4 aromatic carbocycles. The van der Waals surface area contributed by atoms with Gasteiger partial charge in [-0.05, 0) is 65.6 Å². The normalized spacial score (nSPS) is 19.0. The Hall–Kier alpha value is -5.53. The SMILES string of the molecule is CC(C#N)c1ccc(C2(NC(=O)c3cc4c(Cl)c(Cl)ccc4n3C)CCOC2)cc1.CC(c1ccc(C2(NC(=O)c3cc4c(Cl)c(Cl)ccc4n3C)CCOC2)cc1)c1nn[nH]n1.[2H]CF. The third-order valence-electron chi connectivity index (χ3n) is 12.3. The van der Waals surface area contributed by atoms with E-state index in [-0.39, 0.29) is 23.7 Å². The van der Waals surface area contributed by atoms with Gasteiger partial charge >= 0.3 is 0 Å². The van der Waals surface area contributed by atoms with Gasteiger partial charge in [-0.15, -0.1) is 10.2 Å². The number of hydrogen-bond acceptors (Lipinski definition) is 8. The van der Waals surface area contributed by atoms with Crippen molar-refractivity contribution < 1.29 is 24.8 Å². The Morgan fingerprint density at radius 2 is 1.23 bits per heavy atom. The highest BCUT2D eigenvalue weighted by Crippen LogP contribution is 2.37. The molecule has 0 radical (unpaired) electrons. The molecule has 2 aliphatic heterocycles. The monoisotopic (exact) mass is 960 g/mol. The molecular weight excluding hydrogens is 915 g/mol. The quantitative estimate of drug-likeness (QED) is 0.129. The van der Waals surface area contributed by atoms with Gasteiger partial charge in [-0.2, -0.15) is 10.5 Å². The number of tetrazole rings is 1. The topological polar surface area (TPSA) is 165 Å². The fraction of sp³-hybridized carbons (Fsp3) is 0.319. The molecule has 5 heterocycles. The summed E-state index contributed by atoms with van der Waals surface area (Å²) in [5.41, 5.74) is 5.37. The van der Waals surface area contributed by atoms with Gasteiger partial charge in [0, 0.05) is 67.9 Å². The summed E-state index contributed by atoms with van der Waals surface area (Å²) in [6.45, 7) is 5.80. The van der Waals surface area contributed by atoms with Crippen molar-refractivity contribution in [2.75, 3.05) is 33.6 Å². The molecule has 338 valence electrons. The zero-order valence-corrected chi connectivity index (χ0v) is 38.9. The molecule has 3 N–H and O–H groups in total. The lowest BCUT2D eigenvalue weighted by Crippen LogP contribution is -2.47. The number of fused-ring (bicyclic) bond motifs is 2. The maximum Gasteiger partial charge on any atom is 0.268 e. The predicted octanol–water partition coefficient (Wildman–Crippen LogP) is 9.94. The van der Waals surface area contributed by atoms with Crippen LogP contribution in [-0.2, 0) is 34.6 Å². The molecule has 0 spiro atoms. The van der Waals surface area contributed by atoms with Crippen LogP contribution in [0.5, 0.6) is 0 Å². The Morgan fingerprint density at radius 1 is 0.785 bits per heavy atom. The number of alkyl halides is 1. The summed E-state index contributed by atoms with van der Waals surface area (Å²) in [6.07, 6.45) is 1.34. The van der Waals surface area contributed by atoms with Crippen molar-refractivity contribution in [3.63, 3.8) is 0 Å². The molecule has 0 saturated carbocycles. The first-order chi connectivity index (χ1) is 31.7. The second kappa shape index (κ2) is 19.9.